The van der Waals surface area contributed by atoms with E-state index >= 15 is 0 Å². The fourth-order valence-corrected chi connectivity index (χ4v) is 2.42. The van der Waals surface area contributed by atoms with Crippen LogP contribution in [0.3, 0.4) is 0 Å². The van der Waals surface area contributed by atoms with Gasteiger partial charge < -0.3 is 15.7 Å². The first-order chi connectivity index (χ1) is 9.72. The van der Waals surface area contributed by atoms with E-state index in [0.717, 1.165) is 4.90 Å². The molecule has 3 N–H and O–H groups in total. The van der Waals surface area contributed by atoms with Gasteiger partial charge in [-0.05, 0) is 13.8 Å². The molecule has 2 heterocycles. The second-order valence-electron chi connectivity index (χ2n) is 5.64. The van der Waals surface area contributed by atoms with Gasteiger partial charge in [-0.15, -0.1) is 0 Å². The van der Waals surface area contributed by atoms with Gasteiger partial charge in [0.2, 0.25) is 5.91 Å². The van der Waals surface area contributed by atoms with Crippen molar-refractivity contribution in [3.8, 4) is 0 Å². The molecule has 21 heavy (non-hydrogen) atoms. The fourth-order valence-electron chi connectivity index (χ4n) is 2.42. The highest BCUT2D eigenvalue weighted by molar-refractivity contribution is 6.06. The van der Waals surface area contributed by atoms with Crippen LogP contribution < -0.4 is 10.6 Å². The maximum atomic E-state index is 12.0. The van der Waals surface area contributed by atoms with Gasteiger partial charge in [-0.1, -0.05) is 0 Å². The van der Waals surface area contributed by atoms with E-state index in [9.17, 15) is 19.2 Å². The van der Waals surface area contributed by atoms with Crippen molar-refractivity contribution in [3.63, 3.8) is 0 Å². The number of imide groups is 1. The van der Waals surface area contributed by atoms with E-state index in [2.05, 4.69) is 10.6 Å². The number of nitrogens with one attached hydrogen (secondary N) is 2. The molecule has 1 atom stereocenters. The molecule has 0 spiro atoms. The van der Waals surface area contributed by atoms with Crippen molar-refractivity contribution in [1.29, 1.82) is 0 Å². The maximum Gasteiger partial charge on any atom is 0.325 e. The molecular weight excluding hydrogens is 280 g/mol. The third-order valence-corrected chi connectivity index (χ3v) is 3.62. The summed E-state index contributed by atoms with van der Waals surface area (Å²) in [5.41, 5.74) is -0.956. The second-order valence-corrected chi connectivity index (χ2v) is 5.64. The molecule has 2 fully saturated rings. The van der Waals surface area contributed by atoms with Gasteiger partial charge in [0.05, 0.1) is 6.54 Å². The van der Waals surface area contributed by atoms with Gasteiger partial charge in [0.15, 0.2) is 0 Å². The Hall–Kier alpha value is -2.16. The molecule has 2 aliphatic rings. The summed E-state index contributed by atoms with van der Waals surface area (Å²) in [7, 11) is 0. The second kappa shape index (κ2) is 5.32. The highest BCUT2D eigenvalue weighted by Crippen LogP contribution is 2.16. The largest absolute Gasteiger partial charge is 0.480 e. The Bertz CT molecular complexity index is 504. The Kier molecular flexibility index (Phi) is 3.86. The van der Waals surface area contributed by atoms with Crippen LogP contribution in [0.25, 0.3) is 0 Å². The standard InChI is InChI=1S/C12H18N4O5/c1-12(2)10(20)16(11(21)14-12)4-3-15-6-8(17)13-5-7(15)9(18)19/h7H,3-6H2,1-2H3,(H,13,17)(H,14,21)(H,18,19). The zero-order valence-electron chi connectivity index (χ0n) is 11.9. The molecule has 9 nitrogen and oxygen atoms in total. The average Bonchev–Trinajstić information content (AvgIpc) is 2.56. The van der Waals surface area contributed by atoms with Crippen LogP contribution in [-0.4, -0.2) is 76.5 Å². The quantitative estimate of drug-likeness (QED) is 0.527. The number of hydrogen-bond acceptors (Lipinski definition) is 5. The van der Waals surface area contributed by atoms with Crippen LogP contribution >= 0.6 is 0 Å². The molecule has 1 unspecified atom stereocenters. The Morgan fingerprint density at radius 3 is 2.52 bits per heavy atom. The Labute approximate surface area is 121 Å². The lowest BCUT2D eigenvalue weighted by molar-refractivity contribution is -0.146. The summed E-state index contributed by atoms with van der Waals surface area (Å²) in [4.78, 5) is 48.8. The van der Waals surface area contributed by atoms with Crippen LogP contribution in [0.15, 0.2) is 0 Å². The normalized spacial score (nSPS) is 25.7. The summed E-state index contributed by atoms with van der Waals surface area (Å²) in [5.74, 6) is -1.68. The number of amides is 4. The van der Waals surface area contributed by atoms with Crippen LogP contribution in [0, 0.1) is 0 Å². The van der Waals surface area contributed by atoms with Gasteiger partial charge in [-0.2, -0.15) is 0 Å². The fraction of sp³-hybridized carbons (Fsp3) is 0.667. The number of carbonyl (C=O) groups excluding carboxylic acids is 3. The molecule has 0 aromatic carbocycles. The Balaban J connectivity index is 2.01. The number of carboxylic acid groups (broad SMARTS) is 1. The highest BCUT2D eigenvalue weighted by Gasteiger charge is 2.44. The zero-order valence-corrected chi connectivity index (χ0v) is 11.9. The summed E-state index contributed by atoms with van der Waals surface area (Å²) in [6.45, 7) is 3.33. The van der Waals surface area contributed by atoms with E-state index in [1.54, 1.807) is 13.8 Å². The van der Waals surface area contributed by atoms with Crippen LogP contribution in [0.2, 0.25) is 0 Å². The summed E-state index contributed by atoms with van der Waals surface area (Å²) < 4.78 is 0. The maximum absolute atomic E-state index is 12.0. The lowest BCUT2D eigenvalue weighted by Crippen LogP contribution is -2.58. The SMILES string of the molecule is CC1(C)NC(=O)N(CCN2CC(=O)NCC2C(=O)O)C1=O. The van der Waals surface area contributed by atoms with E-state index < -0.39 is 23.6 Å². The molecule has 2 rings (SSSR count). The lowest BCUT2D eigenvalue weighted by atomic mass is 10.1. The zero-order chi connectivity index (χ0) is 15.8. The molecule has 0 aromatic heterocycles. The molecule has 2 aliphatic heterocycles. The van der Waals surface area contributed by atoms with Gasteiger partial charge in [0.1, 0.15) is 11.6 Å². The third-order valence-electron chi connectivity index (χ3n) is 3.62. The van der Waals surface area contributed by atoms with Crippen LogP contribution in [0.4, 0.5) is 4.79 Å². The van der Waals surface area contributed by atoms with Gasteiger partial charge in [-0.3, -0.25) is 24.2 Å². The number of urea groups is 1. The summed E-state index contributed by atoms with van der Waals surface area (Å²) in [5, 5.41) is 14.1. The average molecular weight is 298 g/mol. The molecule has 9 heteroatoms. The summed E-state index contributed by atoms with van der Waals surface area (Å²) in [6.07, 6.45) is 0. The lowest BCUT2D eigenvalue weighted by Gasteiger charge is -2.33. The number of hydrogen-bond donors (Lipinski definition) is 3. The first kappa shape index (κ1) is 15.2. The third kappa shape index (κ3) is 2.97. The molecule has 0 radical (unpaired) electrons. The van der Waals surface area contributed by atoms with E-state index in [4.69, 9.17) is 5.11 Å². The first-order valence-electron chi connectivity index (χ1n) is 6.60. The molecule has 116 valence electrons. The van der Waals surface area contributed by atoms with Crippen LogP contribution in [0.5, 0.6) is 0 Å². The molecule has 0 bridgehead atoms. The predicted octanol–water partition coefficient (Wildman–Crippen LogP) is -1.80. The highest BCUT2D eigenvalue weighted by atomic mass is 16.4. The number of nitrogens with zero attached hydrogens (tertiary/aromatic N) is 2. The topological polar surface area (TPSA) is 119 Å². The number of carboxylic acids is 1. The van der Waals surface area contributed by atoms with Crippen molar-refractivity contribution >= 4 is 23.8 Å². The van der Waals surface area contributed by atoms with Gasteiger partial charge in [0.25, 0.3) is 5.91 Å². The van der Waals surface area contributed by atoms with Crippen LogP contribution in [-0.2, 0) is 14.4 Å². The Morgan fingerprint density at radius 2 is 2.00 bits per heavy atom. The summed E-state index contributed by atoms with van der Waals surface area (Å²) >= 11 is 0. The van der Waals surface area contributed by atoms with E-state index in [1.807, 2.05) is 0 Å². The van der Waals surface area contributed by atoms with Gasteiger partial charge in [-0.25, -0.2) is 4.79 Å². The van der Waals surface area contributed by atoms with Crippen molar-refractivity contribution in [3.05, 3.63) is 0 Å². The monoisotopic (exact) mass is 298 g/mol. The van der Waals surface area contributed by atoms with Gasteiger partial charge in [0, 0.05) is 19.6 Å². The predicted molar refractivity (Wildman–Crippen MR) is 70.3 cm³/mol. The smallest absolute Gasteiger partial charge is 0.325 e. The Morgan fingerprint density at radius 1 is 1.33 bits per heavy atom. The van der Waals surface area contributed by atoms with E-state index in [0.29, 0.717) is 0 Å². The molecular formula is C12H18N4O5. The van der Waals surface area contributed by atoms with Crippen molar-refractivity contribution in [1.82, 2.24) is 20.4 Å². The van der Waals surface area contributed by atoms with E-state index in [1.165, 1.54) is 4.90 Å². The minimum atomic E-state index is -1.05. The minimum absolute atomic E-state index is 0.0137. The van der Waals surface area contributed by atoms with Crippen molar-refractivity contribution in [2.45, 2.75) is 25.4 Å². The molecule has 0 aromatic rings. The molecule has 0 saturated carbocycles. The molecule has 2 saturated heterocycles. The number of aliphatic carboxylic acids is 1. The first-order valence-corrected chi connectivity index (χ1v) is 6.60. The number of rotatable bonds is 4. The van der Waals surface area contributed by atoms with Crippen molar-refractivity contribution in [2.24, 2.45) is 0 Å². The molecule has 0 aliphatic carbocycles. The van der Waals surface area contributed by atoms with Gasteiger partial charge >= 0.3 is 12.0 Å². The minimum Gasteiger partial charge on any atom is -0.480 e. The summed E-state index contributed by atoms with van der Waals surface area (Å²) in [6, 6.07) is -1.35. The van der Waals surface area contributed by atoms with E-state index in [-0.39, 0.29) is 38.0 Å². The number of carbonyl (C=O) groups is 4. The van der Waals surface area contributed by atoms with Crippen molar-refractivity contribution < 1.29 is 24.3 Å². The van der Waals surface area contributed by atoms with Crippen LogP contribution in [0.1, 0.15) is 13.8 Å². The van der Waals surface area contributed by atoms with Crippen molar-refractivity contribution in [2.75, 3.05) is 26.2 Å². The number of piperazine rings is 1. The molecule has 4 amide bonds.